The zero-order valence-corrected chi connectivity index (χ0v) is 11.0. The fourth-order valence-corrected chi connectivity index (χ4v) is 2.31. The summed E-state index contributed by atoms with van der Waals surface area (Å²) in [7, 11) is 1.81. The van der Waals surface area contributed by atoms with Gasteiger partial charge in [-0.05, 0) is 38.6 Å². The summed E-state index contributed by atoms with van der Waals surface area (Å²) in [5.74, 6) is 1.20. The van der Waals surface area contributed by atoms with Crippen molar-refractivity contribution in [2.75, 3.05) is 7.05 Å². The molecule has 0 bridgehead atoms. The Morgan fingerprint density at radius 3 is 2.83 bits per heavy atom. The first-order chi connectivity index (χ1) is 8.69. The van der Waals surface area contributed by atoms with E-state index >= 15 is 0 Å². The number of carbonyl (C=O) groups is 1. The first kappa shape index (κ1) is 13.1. The SMILES string of the molecule is CNCc1nc(C(=O)NC2CCC(C)CC2)co1. The molecule has 2 N–H and O–H groups in total. The second-order valence-corrected chi connectivity index (χ2v) is 5.09. The van der Waals surface area contributed by atoms with Crippen LogP contribution in [0.15, 0.2) is 10.7 Å². The summed E-state index contributed by atoms with van der Waals surface area (Å²) in [5.41, 5.74) is 0.374. The van der Waals surface area contributed by atoms with Crippen molar-refractivity contribution in [1.29, 1.82) is 0 Å². The third kappa shape index (κ3) is 3.32. The van der Waals surface area contributed by atoms with E-state index in [0.717, 1.165) is 18.8 Å². The van der Waals surface area contributed by atoms with Crippen molar-refractivity contribution in [3.63, 3.8) is 0 Å². The van der Waals surface area contributed by atoms with Crippen molar-refractivity contribution in [1.82, 2.24) is 15.6 Å². The van der Waals surface area contributed by atoms with Crippen LogP contribution in [0, 0.1) is 5.92 Å². The van der Waals surface area contributed by atoms with Crippen molar-refractivity contribution in [2.45, 2.75) is 45.2 Å². The molecule has 1 aromatic heterocycles. The molecule has 0 radical (unpaired) electrons. The molecule has 0 aliphatic heterocycles. The fraction of sp³-hybridized carbons (Fsp3) is 0.692. The molecule has 1 aromatic rings. The van der Waals surface area contributed by atoms with Gasteiger partial charge in [0.25, 0.3) is 5.91 Å². The van der Waals surface area contributed by atoms with Crippen LogP contribution in [0.1, 0.15) is 49.0 Å². The maximum absolute atomic E-state index is 12.0. The van der Waals surface area contributed by atoms with Crippen molar-refractivity contribution < 1.29 is 9.21 Å². The van der Waals surface area contributed by atoms with E-state index in [2.05, 4.69) is 22.5 Å². The van der Waals surface area contributed by atoms with Crippen molar-refractivity contribution in [2.24, 2.45) is 5.92 Å². The molecule has 5 nitrogen and oxygen atoms in total. The first-order valence-electron chi connectivity index (χ1n) is 6.59. The summed E-state index contributed by atoms with van der Waals surface area (Å²) >= 11 is 0. The monoisotopic (exact) mass is 251 g/mol. The highest BCUT2D eigenvalue weighted by atomic mass is 16.3. The van der Waals surface area contributed by atoms with Crippen LogP contribution in [0.2, 0.25) is 0 Å². The predicted octanol–water partition coefficient (Wildman–Crippen LogP) is 1.70. The van der Waals surface area contributed by atoms with Crippen LogP contribution in [-0.4, -0.2) is 24.0 Å². The molecule has 1 amide bonds. The molecule has 100 valence electrons. The van der Waals surface area contributed by atoms with Crippen LogP contribution in [0.4, 0.5) is 0 Å². The number of hydrogen-bond acceptors (Lipinski definition) is 4. The Hall–Kier alpha value is -1.36. The summed E-state index contributed by atoms with van der Waals surface area (Å²) in [6.07, 6.45) is 5.93. The Labute approximate surface area is 107 Å². The molecule has 0 unspecified atom stereocenters. The van der Waals surface area contributed by atoms with Crippen LogP contribution < -0.4 is 10.6 Å². The third-order valence-electron chi connectivity index (χ3n) is 3.46. The highest BCUT2D eigenvalue weighted by Gasteiger charge is 2.21. The van der Waals surface area contributed by atoms with Crippen LogP contribution in [-0.2, 0) is 6.54 Å². The lowest BCUT2D eigenvalue weighted by atomic mass is 9.87. The topological polar surface area (TPSA) is 67.2 Å². The zero-order valence-electron chi connectivity index (χ0n) is 11.0. The molecule has 0 saturated heterocycles. The number of nitrogens with zero attached hydrogens (tertiary/aromatic N) is 1. The average Bonchev–Trinajstić information content (AvgIpc) is 2.81. The number of aromatic nitrogens is 1. The van der Waals surface area contributed by atoms with Crippen LogP contribution in [0.3, 0.4) is 0 Å². The second kappa shape index (κ2) is 6.00. The van der Waals surface area contributed by atoms with Gasteiger partial charge in [-0.3, -0.25) is 4.79 Å². The summed E-state index contributed by atoms with van der Waals surface area (Å²) in [5, 5.41) is 5.96. The van der Waals surface area contributed by atoms with Gasteiger partial charge in [0.15, 0.2) is 5.69 Å². The molecule has 0 atom stereocenters. The molecule has 5 heteroatoms. The van der Waals surface area contributed by atoms with Crippen molar-refractivity contribution in [3.8, 4) is 0 Å². The van der Waals surface area contributed by atoms with E-state index in [1.54, 1.807) is 0 Å². The standard InChI is InChI=1S/C13H21N3O2/c1-9-3-5-10(6-4-9)15-13(17)11-8-18-12(16-11)7-14-2/h8-10,14H,3-7H2,1-2H3,(H,15,17). The fourth-order valence-electron chi connectivity index (χ4n) is 2.31. The summed E-state index contributed by atoms with van der Waals surface area (Å²) in [6, 6.07) is 0.290. The van der Waals surface area contributed by atoms with Gasteiger partial charge in [-0.25, -0.2) is 4.98 Å². The number of carbonyl (C=O) groups excluding carboxylic acids is 1. The van der Waals surface area contributed by atoms with Gasteiger partial charge < -0.3 is 15.1 Å². The summed E-state index contributed by atoms with van der Waals surface area (Å²) in [4.78, 5) is 16.1. The van der Waals surface area contributed by atoms with Crippen molar-refractivity contribution in [3.05, 3.63) is 17.8 Å². The van der Waals surface area contributed by atoms with Crippen LogP contribution in [0.25, 0.3) is 0 Å². The maximum Gasteiger partial charge on any atom is 0.273 e. The Kier molecular flexibility index (Phi) is 4.36. The van der Waals surface area contributed by atoms with Crippen LogP contribution >= 0.6 is 0 Å². The number of oxazole rings is 1. The van der Waals surface area contributed by atoms with Gasteiger partial charge in [0, 0.05) is 6.04 Å². The van der Waals surface area contributed by atoms with Gasteiger partial charge in [0.2, 0.25) is 5.89 Å². The molecule has 1 aliphatic rings. The van der Waals surface area contributed by atoms with E-state index in [0.29, 0.717) is 18.1 Å². The average molecular weight is 251 g/mol. The molecular weight excluding hydrogens is 230 g/mol. The van der Waals surface area contributed by atoms with Crippen LogP contribution in [0.5, 0.6) is 0 Å². The first-order valence-corrected chi connectivity index (χ1v) is 6.59. The molecule has 0 spiro atoms. The molecule has 1 aliphatic carbocycles. The van der Waals surface area contributed by atoms with Gasteiger partial charge >= 0.3 is 0 Å². The minimum atomic E-state index is -0.124. The van der Waals surface area contributed by atoms with Gasteiger partial charge in [-0.1, -0.05) is 6.92 Å². The molecule has 1 heterocycles. The molecule has 2 rings (SSSR count). The minimum Gasteiger partial charge on any atom is -0.447 e. The van der Waals surface area contributed by atoms with Gasteiger partial charge in [-0.2, -0.15) is 0 Å². The highest BCUT2D eigenvalue weighted by Crippen LogP contribution is 2.23. The predicted molar refractivity (Wildman–Crippen MR) is 68.2 cm³/mol. The maximum atomic E-state index is 12.0. The highest BCUT2D eigenvalue weighted by molar-refractivity contribution is 5.92. The molecule has 0 aromatic carbocycles. The second-order valence-electron chi connectivity index (χ2n) is 5.09. The Morgan fingerprint density at radius 1 is 1.44 bits per heavy atom. The number of rotatable bonds is 4. The Bertz CT molecular complexity index is 395. The smallest absolute Gasteiger partial charge is 0.273 e. The lowest BCUT2D eigenvalue weighted by Crippen LogP contribution is -2.37. The minimum absolute atomic E-state index is 0.124. The molecule has 1 saturated carbocycles. The quantitative estimate of drug-likeness (QED) is 0.854. The van der Waals surface area contributed by atoms with E-state index < -0.39 is 0 Å². The number of hydrogen-bond donors (Lipinski definition) is 2. The Morgan fingerprint density at radius 2 is 2.17 bits per heavy atom. The molecular formula is C13H21N3O2. The van der Waals surface area contributed by atoms with E-state index in [9.17, 15) is 4.79 Å². The lowest BCUT2D eigenvalue weighted by molar-refractivity contribution is 0.0918. The van der Waals surface area contributed by atoms with E-state index in [4.69, 9.17) is 4.42 Å². The van der Waals surface area contributed by atoms with E-state index in [1.165, 1.54) is 19.1 Å². The van der Waals surface area contributed by atoms with E-state index in [1.807, 2.05) is 7.05 Å². The van der Waals surface area contributed by atoms with E-state index in [-0.39, 0.29) is 11.9 Å². The normalized spacial score (nSPS) is 23.9. The lowest BCUT2D eigenvalue weighted by Gasteiger charge is -2.26. The van der Waals surface area contributed by atoms with Gasteiger partial charge in [-0.15, -0.1) is 0 Å². The van der Waals surface area contributed by atoms with Crippen molar-refractivity contribution >= 4 is 5.91 Å². The number of nitrogens with one attached hydrogen (secondary N) is 2. The summed E-state index contributed by atoms with van der Waals surface area (Å²) in [6.45, 7) is 2.80. The zero-order chi connectivity index (χ0) is 13.0. The summed E-state index contributed by atoms with van der Waals surface area (Å²) < 4.78 is 5.20. The van der Waals surface area contributed by atoms with Gasteiger partial charge in [0.1, 0.15) is 6.26 Å². The third-order valence-corrected chi connectivity index (χ3v) is 3.46. The Balaban J connectivity index is 1.86. The largest absolute Gasteiger partial charge is 0.447 e. The van der Waals surface area contributed by atoms with Gasteiger partial charge in [0.05, 0.1) is 6.54 Å². The molecule has 1 fully saturated rings. The number of amides is 1. The molecule has 18 heavy (non-hydrogen) atoms.